The number of sulfonamides is 1. The lowest BCUT2D eigenvalue weighted by atomic mass is 10.3. The van der Waals surface area contributed by atoms with Crippen molar-refractivity contribution >= 4 is 33.1 Å². The summed E-state index contributed by atoms with van der Waals surface area (Å²) in [5.74, 6) is -1.33. The van der Waals surface area contributed by atoms with Crippen LogP contribution >= 0.6 is 11.6 Å². The Balaban J connectivity index is 2.41. The molecule has 0 radical (unpaired) electrons. The first-order chi connectivity index (χ1) is 9.79. The fourth-order valence-electron chi connectivity index (χ4n) is 1.37. The molecule has 0 amide bonds. The smallest absolute Gasteiger partial charge is 0.262 e. The first-order valence-corrected chi connectivity index (χ1v) is 7.10. The lowest BCUT2D eigenvalue weighted by Gasteiger charge is -2.07. The van der Waals surface area contributed by atoms with E-state index in [4.69, 9.17) is 11.6 Å². The third kappa shape index (κ3) is 3.41. The Labute approximate surface area is 122 Å². The molecule has 11 heteroatoms. The average Bonchev–Trinajstić information content (AvgIpc) is 2.41. The molecule has 2 aromatic rings. The van der Waals surface area contributed by atoms with E-state index >= 15 is 0 Å². The van der Waals surface area contributed by atoms with Gasteiger partial charge in [0, 0.05) is 12.1 Å². The number of hydrogen-bond acceptors (Lipinski definition) is 6. The molecule has 1 heterocycles. The minimum atomic E-state index is -4.39. The minimum Gasteiger partial charge on any atom is -0.262 e. The fraction of sp³-hybridized carbons (Fsp3) is 0. The predicted octanol–water partition coefficient (Wildman–Crippen LogP) is 1.98. The van der Waals surface area contributed by atoms with Crippen LogP contribution in [0.15, 0.2) is 35.5 Å². The molecular formula is C10H6ClFN4O4S. The number of nitro benzene ring substituents is 1. The number of anilines is 1. The number of nitro groups is 1. The molecule has 0 spiro atoms. The normalized spacial score (nSPS) is 11.1. The number of nitrogens with zero attached hydrogens (tertiary/aromatic N) is 3. The maximum absolute atomic E-state index is 13.6. The summed E-state index contributed by atoms with van der Waals surface area (Å²) < 4.78 is 39.6. The van der Waals surface area contributed by atoms with E-state index in [0.29, 0.717) is 12.1 Å². The van der Waals surface area contributed by atoms with Gasteiger partial charge in [0.15, 0.2) is 5.82 Å². The topological polar surface area (TPSA) is 115 Å². The van der Waals surface area contributed by atoms with E-state index in [1.165, 1.54) is 0 Å². The number of rotatable bonds is 4. The Hall–Kier alpha value is -2.33. The first kappa shape index (κ1) is 15.1. The SMILES string of the molecule is O=[N+]([O-])c1ccc(F)c(S(=O)(=O)Nc2cnc(Cl)cn2)c1. The second-order valence-corrected chi connectivity index (χ2v) is 5.74. The molecule has 0 aliphatic rings. The molecule has 1 aromatic carbocycles. The zero-order chi connectivity index (χ0) is 15.6. The largest absolute Gasteiger partial charge is 0.271 e. The first-order valence-electron chi connectivity index (χ1n) is 5.24. The van der Waals surface area contributed by atoms with Crippen molar-refractivity contribution in [1.29, 1.82) is 0 Å². The van der Waals surface area contributed by atoms with Crippen LogP contribution in [0, 0.1) is 15.9 Å². The standard InChI is InChI=1S/C10H6ClFN4O4S/c11-9-4-14-10(5-13-9)15-21(19,20)8-3-6(16(17)18)1-2-7(8)12/h1-5H,(H,14,15). The zero-order valence-corrected chi connectivity index (χ0v) is 11.6. The number of halogens is 2. The van der Waals surface area contributed by atoms with Gasteiger partial charge in [0.1, 0.15) is 15.9 Å². The Morgan fingerprint density at radius 1 is 1.29 bits per heavy atom. The van der Waals surface area contributed by atoms with Crippen LogP contribution in [0.4, 0.5) is 15.9 Å². The molecule has 0 aliphatic carbocycles. The number of aromatic nitrogens is 2. The van der Waals surface area contributed by atoms with E-state index in [0.717, 1.165) is 18.5 Å². The van der Waals surface area contributed by atoms with Crippen molar-refractivity contribution in [2.24, 2.45) is 0 Å². The van der Waals surface area contributed by atoms with Gasteiger partial charge >= 0.3 is 0 Å². The van der Waals surface area contributed by atoms with Crippen molar-refractivity contribution in [1.82, 2.24) is 9.97 Å². The van der Waals surface area contributed by atoms with Crippen molar-refractivity contribution in [2.75, 3.05) is 4.72 Å². The van der Waals surface area contributed by atoms with Crippen molar-refractivity contribution in [3.05, 3.63) is 51.7 Å². The summed E-state index contributed by atoms with van der Waals surface area (Å²) in [6, 6.07) is 2.16. The van der Waals surface area contributed by atoms with Gasteiger partial charge in [-0.1, -0.05) is 11.6 Å². The quantitative estimate of drug-likeness (QED) is 0.676. The third-order valence-electron chi connectivity index (χ3n) is 2.27. The van der Waals surface area contributed by atoms with Crippen molar-refractivity contribution < 1.29 is 17.7 Å². The summed E-state index contributed by atoms with van der Waals surface area (Å²) in [4.78, 5) is 16.2. The van der Waals surface area contributed by atoms with Crippen LogP contribution in [-0.4, -0.2) is 23.3 Å². The van der Waals surface area contributed by atoms with Crippen molar-refractivity contribution in [3.8, 4) is 0 Å². The van der Waals surface area contributed by atoms with E-state index in [9.17, 15) is 22.9 Å². The summed E-state index contributed by atoms with van der Waals surface area (Å²) in [6.07, 6.45) is 2.11. The van der Waals surface area contributed by atoms with Gasteiger partial charge in [-0.15, -0.1) is 0 Å². The number of benzene rings is 1. The van der Waals surface area contributed by atoms with E-state index in [1.807, 2.05) is 4.72 Å². The Morgan fingerprint density at radius 3 is 2.57 bits per heavy atom. The van der Waals surface area contributed by atoms with Gasteiger partial charge in [0.05, 0.1) is 17.3 Å². The second-order valence-electron chi connectivity index (χ2n) is 3.70. The van der Waals surface area contributed by atoms with E-state index in [1.54, 1.807) is 0 Å². The van der Waals surface area contributed by atoms with Crippen LogP contribution in [0.25, 0.3) is 0 Å². The maximum atomic E-state index is 13.6. The van der Waals surface area contributed by atoms with Crippen LogP contribution in [-0.2, 0) is 10.0 Å². The highest BCUT2D eigenvalue weighted by Gasteiger charge is 2.23. The summed E-state index contributed by atoms with van der Waals surface area (Å²) in [6.45, 7) is 0. The van der Waals surface area contributed by atoms with Crippen LogP contribution in [0.5, 0.6) is 0 Å². The van der Waals surface area contributed by atoms with E-state index in [-0.39, 0.29) is 11.0 Å². The molecule has 2 rings (SSSR count). The van der Waals surface area contributed by atoms with E-state index < -0.39 is 31.3 Å². The summed E-state index contributed by atoms with van der Waals surface area (Å²) >= 11 is 5.49. The number of nitrogens with one attached hydrogen (secondary N) is 1. The molecule has 0 bridgehead atoms. The van der Waals surface area contributed by atoms with Crippen molar-refractivity contribution in [3.63, 3.8) is 0 Å². The lowest BCUT2D eigenvalue weighted by Crippen LogP contribution is -2.16. The predicted molar refractivity (Wildman–Crippen MR) is 70.9 cm³/mol. The molecule has 0 aliphatic heterocycles. The summed E-state index contributed by atoms with van der Waals surface area (Å²) in [5.41, 5.74) is -0.557. The summed E-state index contributed by atoms with van der Waals surface area (Å²) in [7, 11) is -4.39. The van der Waals surface area contributed by atoms with Gasteiger partial charge < -0.3 is 0 Å². The molecule has 0 unspecified atom stereocenters. The monoisotopic (exact) mass is 332 g/mol. The molecule has 21 heavy (non-hydrogen) atoms. The number of hydrogen-bond donors (Lipinski definition) is 1. The van der Waals surface area contributed by atoms with Crippen LogP contribution < -0.4 is 4.72 Å². The molecule has 110 valence electrons. The molecule has 0 atom stereocenters. The molecule has 0 saturated heterocycles. The van der Waals surface area contributed by atoms with Gasteiger partial charge in [0.2, 0.25) is 0 Å². The van der Waals surface area contributed by atoms with Crippen LogP contribution in [0.2, 0.25) is 5.15 Å². The Kier molecular flexibility index (Phi) is 4.00. The molecule has 1 N–H and O–H groups in total. The third-order valence-corrected chi connectivity index (χ3v) is 3.84. The van der Waals surface area contributed by atoms with Crippen LogP contribution in [0.1, 0.15) is 0 Å². The molecule has 0 fully saturated rings. The Bertz CT molecular complexity index is 797. The Morgan fingerprint density at radius 2 is 2.00 bits per heavy atom. The minimum absolute atomic E-state index is 0.0412. The highest BCUT2D eigenvalue weighted by molar-refractivity contribution is 7.92. The lowest BCUT2D eigenvalue weighted by molar-refractivity contribution is -0.385. The molecule has 0 saturated carbocycles. The highest BCUT2D eigenvalue weighted by Crippen LogP contribution is 2.22. The molecular weight excluding hydrogens is 327 g/mol. The number of non-ortho nitro benzene ring substituents is 1. The van der Waals surface area contributed by atoms with E-state index in [2.05, 4.69) is 9.97 Å². The van der Waals surface area contributed by atoms with Gasteiger partial charge in [0.25, 0.3) is 15.7 Å². The zero-order valence-electron chi connectivity index (χ0n) is 10.0. The van der Waals surface area contributed by atoms with Crippen molar-refractivity contribution in [2.45, 2.75) is 4.90 Å². The maximum Gasteiger partial charge on any atom is 0.271 e. The van der Waals surface area contributed by atoms with Crippen LogP contribution in [0.3, 0.4) is 0 Å². The van der Waals surface area contributed by atoms with Gasteiger partial charge in [-0.25, -0.2) is 22.8 Å². The summed E-state index contributed by atoms with van der Waals surface area (Å²) in [5, 5.41) is 10.7. The fourth-order valence-corrected chi connectivity index (χ4v) is 2.56. The van der Waals surface area contributed by atoms with Gasteiger partial charge in [-0.3, -0.25) is 14.8 Å². The van der Waals surface area contributed by atoms with Gasteiger partial charge in [-0.05, 0) is 6.07 Å². The molecule has 8 nitrogen and oxygen atoms in total. The second kappa shape index (κ2) is 5.58. The highest BCUT2D eigenvalue weighted by atomic mass is 35.5. The molecule has 1 aromatic heterocycles. The van der Waals surface area contributed by atoms with Gasteiger partial charge in [-0.2, -0.15) is 0 Å². The average molecular weight is 333 g/mol.